The van der Waals surface area contributed by atoms with Gasteiger partial charge in [0, 0.05) is 24.7 Å². The average Bonchev–Trinajstić information content (AvgIpc) is 2.76. The summed E-state index contributed by atoms with van der Waals surface area (Å²) in [6.45, 7) is 3.54. The molecule has 10 heteroatoms. The van der Waals surface area contributed by atoms with Crippen LogP contribution in [0.15, 0.2) is 65.6 Å². The molecule has 0 bridgehead atoms. The Kier molecular flexibility index (Phi) is 7.62. The van der Waals surface area contributed by atoms with E-state index in [0.29, 0.717) is 17.4 Å². The van der Waals surface area contributed by atoms with Gasteiger partial charge in [-0.2, -0.15) is 0 Å². The number of para-hydroxylation sites is 1. The maximum absolute atomic E-state index is 13.6. The van der Waals surface area contributed by atoms with Crippen molar-refractivity contribution in [2.75, 3.05) is 16.6 Å². The molecule has 3 aromatic carbocycles. The Labute approximate surface area is 196 Å². The van der Waals surface area contributed by atoms with E-state index in [1.54, 1.807) is 0 Å². The van der Waals surface area contributed by atoms with Gasteiger partial charge in [0.05, 0.1) is 16.1 Å². The Morgan fingerprint density at radius 3 is 2.18 bits per heavy atom. The van der Waals surface area contributed by atoms with Gasteiger partial charge in [-0.15, -0.1) is 0 Å². The van der Waals surface area contributed by atoms with E-state index >= 15 is 0 Å². The van der Waals surface area contributed by atoms with Crippen molar-refractivity contribution in [3.05, 3.63) is 89.0 Å². The van der Waals surface area contributed by atoms with E-state index in [1.165, 1.54) is 24.3 Å². The van der Waals surface area contributed by atoms with Crippen molar-refractivity contribution in [1.29, 1.82) is 0 Å². The monoisotopic (exact) mass is 487 g/mol. The Bertz CT molecular complexity index is 1310. The van der Waals surface area contributed by atoms with Crippen LogP contribution in [-0.2, 0) is 14.8 Å². The van der Waals surface area contributed by atoms with Crippen LogP contribution in [0, 0.1) is 25.5 Å². The molecule has 0 spiro atoms. The van der Waals surface area contributed by atoms with Gasteiger partial charge in [0.25, 0.3) is 15.9 Å². The average molecular weight is 488 g/mol. The van der Waals surface area contributed by atoms with Gasteiger partial charge in [-0.05, 0) is 61.4 Å². The molecule has 0 radical (unpaired) electrons. The molecule has 3 rings (SSSR count). The molecule has 2 amide bonds. The minimum atomic E-state index is -3.82. The van der Waals surface area contributed by atoms with E-state index in [-0.39, 0.29) is 23.4 Å². The van der Waals surface area contributed by atoms with Crippen LogP contribution < -0.4 is 15.4 Å². The number of benzene rings is 3. The molecule has 0 aliphatic rings. The highest BCUT2D eigenvalue weighted by molar-refractivity contribution is 7.92. The van der Waals surface area contributed by atoms with Gasteiger partial charge in [0.2, 0.25) is 5.91 Å². The fourth-order valence-corrected chi connectivity index (χ4v) is 4.37. The van der Waals surface area contributed by atoms with Gasteiger partial charge in [0.1, 0.15) is 11.6 Å². The van der Waals surface area contributed by atoms with Crippen LogP contribution in [0.3, 0.4) is 0 Å². The number of halogens is 2. The van der Waals surface area contributed by atoms with Crippen molar-refractivity contribution in [2.24, 2.45) is 0 Å². The second kappa shape index (κ2) is 10.4. The zero-order valence-corrected chi connectivity index (χ0v) is 19.3. The van der Waals surface area contributed by atoms with Crippen LogP contribution in [0.2, 0.25) is 0 Å². The fourth-order valence-electron chi connectivity index (χ4n) is 3.17. The lowest BCUT2D eigenvalue weighted by atomic mass is 10.1. The lowest BCUT2D eigenvalue weighted by Gasteiger charge is -2.13. The number of nitrogens with one attached hydrogen (secondary N) is 3. The maximum atomic E-state index is 13.6. The highest BCUT2D eigenvalue weighted by atomic mass is 32.2. The van der Waals surface area contributed by atoms with E-state index in [4.69, 9.17) is 0 Å². The molecule has 0 aliphatic heterocycles. The van der Waals surface area contributed by atoms with Crippen molar-refractivity contribution in [2.45, 2.75) is 25.2 Å². The molecule has 0 heterocycles. The van der Waals surface area contributed by atoms with Crippen LogP contribution >= 0.6 is 0 Å². The second-order valence-corrected chi connectivity index (χ2v) is 9.26. The molecule has 0 saturated carbocycles. The zero-order chi connectivity index (χ0) is 24.9. The number of carbonyl (C=O) groups is 2. The highest BCUT2D eigenvalue weighted by Crippen LogP contribution is 2.24. The second-order valence-electron chi connectivity index (χ2n) is 7.57. The summed E-state index contributed by atoms with van der Waals surface area (Å²) >= 11 is 0. The summed E-state index contributed by atoms with van der Waals surface area (Å²) in [7, 11) is -3.82. The first-order valence-corrected chi connectivity index (χ1v) is 11.8. The molecule has 3 aromatic rings. The van der Waals surface area contributed by atoms with Gasteiger partial charge in [0.15, 0.2) is 0 Å². The number of carbonyl (C=O) groups excluding carboxylic acids is 2. The van der Waals surface area contributed by atoms with Crippen LogP contribution in [0.5, 0.6) is 0 Å². The minimum absolute atomic E-state index is 0.0294. The van der Waals surface area contributed by atoms with Gasteiger partial charge in [-0.3, -0.25) is 14.3 Å². The predicted octanol–water partition coefficient (Wildman–Crippen LogP) is 4.14. The Morgan fingerprint density at radius 2 is 1.56 bits per heavy atom. The van der Waals surface area contributed by atoms with Crippen molar-refractivity contribution in [1.82, 2.24) is 5.32 Å². The van der Waals surface area contributed by atoms with Crippen LogP contribution in [0.4, 0.5) is 20.2 Å². The van der Waals surface area contributed by atoms with E-state index in [9.17, 15) is 26.8 Å². The zero-order valence-electron chi connectivity index (χ0n) is 18.5. The summed E-state index contributed by atoms with van der Waals surface area (Å²) < 4.78 is 54.6. The first-order valence-electron chi connectivity index (χ1n) is 10.3. The summed E-state index contributed by atoms with van der Waals surface area (Å²) in [4.78, 5) is 24.1. The number of amides is 2. The molecule has 0 aliphatic carbocycles. The molecule has 3 N–H and O–H groups in total. The summed E-state index contributed by atoms with van der Waals surface area (Å²) in [5, 5.41) is 4.98. The molecular formula is C24H23F2N3O4S. The van der Waals surface area contributed by atoms with Crippen molar-refractivity contribution >= 4 is 33.2 Å². The Hall–Kier alpha value is -3.79. The van der Waals surface area contributed by atoms with E-state index in [2.05, 4.69) is 15.4 Å². The topological polar surface area (TPSA) is 104 Å². The quantitative estimate of drug-likeness (QED) is 0.444. The lowest BCUT2D eigenvalue weighted by Crippen LogP contribution is -2.28. The van der Waals surface area contributed by atoms with Crippen LogP contribution in [0.25, 0.3) is 0 Å². The summed E-state index contributed by atoms with van der Waals surface area (Å²) in [6, 6.07) is 13.7. The van der Waals surface area contributed by atoms with Crippen LogP contribution in [-0.4, -0.2) is 26.8 Å². The number of anilines is 2. The maximum Gasteiger partial charge on any atom is 0.261 e. The van der Waals surface area contributed by atoms with Crippen LogP contribution in [0.1, 0.15) is 27.9 Å². The summed E-state index contributed by atoms with van der Waals surface area (Å²) in [5.41, 5.74) is 2.14. The van der Waals surface area contributed by atoms with E-state index < -0.39 is 33.5 Å². The minimum Gasteiger partial charge on any atom is -0.351 e. The largest absolute Gasteiger partial charge is 0.351 e. The third-order valence-corrected chi connectivity index (χ3v) is 6.34. The third-order valence-electron chi connectivity index (χ3n) is 4.98. The standard InChI is InChI=1S/C24H23F2N3O4S/c1-15-4-3-5-16(2)23(15)29-34(32,33)19-9-7-18(8-10-19)28-22(30)12-13-27-24(31)20-11-6-17(25)14-21(20)26/h3-11,14,29H,12-13H2,1-2H3,(H,27,31)(H,28,30). The molecule has 0 fully saturated rings. The molecule has 0 unspecified atom stereocenters. The first-order chi connectivity index (χ1) is 16.1. The van der Waals surface area contributed by atoms with Gasteiger partial charge in [-0.1, -0.05) is 18.2 Å². The molecule has 0 saturated heterocycles. The number of rotatable bonds is 8. The SMILES string of the molecule is Cc1cccc(C)c1NS(=O)(=O)c1ccc(NC(=O)CCNC(=O)c2ccc(F)cc2F)cc1. The molecule has 7 nitrogen and oxygen atoms in total. The smallest absolute Gasteiger partial charge is 0.261 e. The highest BCUT2D eigenvalue weighted by Gasteiger charge is 2.17. The molecule has 178 valence electrons. The van der Waals surface area contributed by atoms with Gasteiger partial charge < -0.3 is 10.6 Å². The number of hydrogen-bond acceptors (Lipinski definition) is 4. The van der Waals surface area contributed by atoms with Gasteiger partial charge >= 0.3 is 0 Å². The van der Waals surface area contributed by atoms with E-state index in [0.717, 1.165) is 23.3 Å². The number of sulfonamides is 1. The summed E-state index contributed by atoms with van der Waals surface area (Å²) in [6.07, 6.45) is -0.108. The predicted molar refractivity (Wildman–Crippen MR) is 125 cm³/mol. The fraction of sp³-hybridized carbons (Fsp3) is 0.167. The summed E-state index contributed by atoms with van der Waals surface area (Å²) in [5.74, 6) is -3.00. The van der Waals surface area contributed by atoms with Crippen molar-refractivity contribution < 1.29 is 26.8 Å². The molecule has 0 aromatic heterocycles. The first kappa shape index (κ1) is 24.8. The molecule has 0 atom stereocenters. The molecular weight excluding hydrogens is 464 g/mol. The van der Waals surface area contributed by atoms with Gasteiger partial charge in [-0.25, -0.2) is 17.2 Å². The van der Waals surface area contributed by atoms with E-state index in [1.807, 2.05) is 32.0 Å². The lowest BCUT2D eigenvalue weighted by molar-refractivity contribution is -0.116. The number of hydrogen-bond donors (Lipinski definition) is 3. The van der Waals surface area contributed by atoms with Crippen molar-refractivity contribution in [3.63, 3.8) is 0 Å². The van der Waals surface area contributed by atoms with Crippen molar-refractivity contribution in [3.8, 4) is 0 Å². The Balaban J connectivity index is 1.54. The number of aryl methyl sites for hydroxylation is 2. The third kappa shape index (κ3) is 6.16. The Morgan fingerprint density at radius 1 is 0.912 bits per heavy atom. The normalized spacial score (nSPS) is 11.1. The molecule has 34 heavy (non-hydrogen) atoms.